The van der Waals surface area contributed by atoms with Gasteiger partial charge in [-0.2, -0.15) is 0 Å². The molecule has 32 heavy (non-hydrogen) atoms. The fourth-order valence-electron chi connectivity index (χ4n) is 4.31. The number of hydrogen-bond donors (Lipinski definition) is 2. The Kier molecular flexibility index (Phi) is 10.3. The van der Waals surface area contributed by atoms with Gasteiger partial charge in [0.15, 0.2) is 0 Å². The van der Waals surface area contributed by atoms with Gasteiger partial charge >= 0.3 is 5.97 Å². The molecule has 1 atom stereocenters. The molecule has 0 fully saturated rings. The summed E-state index contributed by atoms with van der Waals surface area (Å²) in [7, 11) is 0. The highest BCUT2D eigenvalue weighted by Gasteiger charge is 2.28. The maximum atomic E-state index is 12.0. The quantitative estimate of drug-likeness (QED) is 0.335. The second-order valence-corrected chi connectivity index (χ2v) is 13.0. The lowest BCUT2D eigenvalue weighted by molar-refractivity contribution is -0.142. The average Bonchev–Trinajstić information content (AvgIpc) is 2.60. The van der Waals surface area contributed by atoms with Crippen LogP contribution in [0.15, 0.2) is 12.1 Å². The average molecular weight is 447 g/mol. The van der Waals surface area contributed by atoms with Gasteiger partial charge in [0.05, 0.1) is 5.92 Å². The van der Waals surface area contributed by atoms with Crippen molar-refractivity contribution in [1.29, 1.82) is 0 Å². The molecule has 0 spiro atoms. The van der Waals surface area contributed by atoms with E-state index < -0.39 is 5.97 Å². The number of aromatic hydroxyl groups is 1. The molecular weight excluding hydrogens is 396 g/mol. The van der Waals surface area contributed by atoms with E-state index in [-0.39, 0.29) is 16.7 Å². The van der Waals surface area contributed by atoms with Gasteiger partial charge in [-0.25, -0.2) is 0 Å². The number of phenols is 1. The summed E-state index contributed by atoms with van der Waals surface area (Å²) in [5, 5.41) is 20.8. The lowest BCUT2D eigenvalue weighted by Crippen LogP contribution is -2.20. The number of benzene rings is 1. The minimum absolute atomic E-state index is 0.203. The van der Waals surface area contributed by atoms with Crippen molar-refractivity contribution in [3.8, 4) is 5.75 Å². The summed E-state index contributed by atoms with van der Waals surface area (Å²) in [6.07, 6.45) is 9.58. The molecule has 3 heteroatoms. The van der Waals surface area contributed by atoms with Crippen LogP contribution in [0.2, 0.25) is 0 Å². The third-order valence-electron chi connectivity index (χ3n) is 6.35. The summed E-state index contributed by atoms with van der Waals surface area (Å²) in [5.41, 5.74) is 2.84. The summed E-state index contributed by atoms with van der Waals surface area (Å²) in [4.78, 5) is 12.0. The first-order chi connectivity index (χ1) is 14.5. The molecule has 0 aliphatic heterocycles. The highest BCUT2D eigenvalue weighted by atomic mass is 16.4. The van der Waals surface area contributed by atoms with E-state index in [2.05, 4.69) is 62.3 Å². The molecule has 0 saturated heterocycles. The van der Waals surface area contributed by atoms with Crippen molar-refractivity contribution < 1.29 is 15.0 Å². The van der Waals surface area contributed by atoms with Crippen LogP contribution in [0.4, 0.5) is 0 Å². The van der Waals surface area contributed by atoms with Gasteiger partial charge in [0.25, 0.3) is 0 Å². The highest BCUT2D eigenvalue weighted by molar-refractivity contribution is 5.70. The topological polar surface area (TPSA) is 57.5 Å². The summed E-state index contributed by atoms with van der Waals surface area (Å²) in [6.45, 7) is 19.4. The largest absolute Gasteiger partial charge is 0.507 e. The first-order valence-electron chi connectivity index (χ1n) is 12.6. The molecule has 0 saturated carbocycles. The van der Waals surface area contributed by atoms with Gasteiger partial charge < -0.3 is 10.2 Å². The van der Waals surface area contributed by atoms with Gasteiger partial charge in [-0.3, -0.25) is 4.79 Å². The molecule has 3 nitrogen and oxygen atoms in total. The smallest absolute Gasteiger partial charge is 0.306 e. The number of carbonyl (C=O) groups is 1. The van der Waals surface area contributed by atoms with E-state index in [9.17, 15) is 15.0 Å². The van der Waals surface area contributed by atoms with Crippen molar-refractivity contribution in [3.63, 3.8) is 0 Å². The molecule has 2 N–H and O–H groups in total. The fourth-order valence-corrected chi connectivity index (χ4v) is 4.31. The first kappa shape index (κ1) is 28.5. The van der Waals surface area contributed by atoms with Gasteiger partial charge in [0, 0.05) is 0 Å². The van der Waals surface area contributed by atoms with Gasteiger partial charge in [-0.1, -0.05) is 113 Å². The number of rotatable bonds is 11. The van der Waals surface area contributed by atoms with Gasteiger partial charge in [-0.05, 0) is 52.2 Å². The summed E-state index contributed by atoms with van der Waals surface area (Å²) >= 11 is 0. The third kappa shape index (κ3) is 9.96. The zero-order valence-corrected chi connectivity index (χ0v) is 22.4. The monoisotopic (exact) mass is 446 g/mol. The number of aliphatic carboxylic acids is 1. The van der Waals surface area contributed by atoms with Crippen LogP contribution in [-0.2, 0) is 22.0 Å². The summed E-state index contributed by atoms with van der Waals surface area (Å²) < 4.78 is 0. The number of carboxylic acids is 1. The molecule has 1 rings (SSSR count). The van der Waals surface area contributed by atoms with Gasteiger partial charge in [-0.15, -0.1) is 0 Å². The van der Waals surface area contributed by atoms with Crippen LogP contribution in [0.25, 0.3) is 0 Å². The summed E-state index contributed by atoms with van der Waals surface area (Å²) in [6, 6.07) is 4.05. The Morgan fingerprint density at radius 3 is 1.62 bits per heavy atom. The Bertz CT molecular complexity index is 691. The Morgan fingerprint density at radius 1 is 0.781 bits per heavy atom. The Balaban J connectivity index is 2.75. The van der Waals surface area contributed by atoms with E-state index in [4.69, 9.17) is 0 Å². The second kappa shape index (κ2) is 11.6. The molecule has 0 aliphatic carbocycles. The Labute approximate surface area is 198 Å². The van der Waals surface area contributed by atoms with Crippen LogP contribution >= 0.6 is 0 Å². The zero-order chi connectivity index (χ0) is 24.7. The molecule has 0 amide bonds. The molecule has 0 radical (unpaired) electrons. The van der Waals surface area contributed by atoms with Crippen molar-refractivity contribution in [3.05, 3.63) is 28.8 Å². The standard InChI is InChI=1S/C29H50O3/c1-27(2,3)17-15-13-11-10-12-14-16-22(26(31)32)18-21-19-23(28(4,5)6)25(30)24(20-21)29(7,8)9/h19-20,22,30H,10-18H2,1-9H3,(H,31,32). The predicted molar refractivity (Wildman–Crippen MR) is 137 cm³/mol. The van der Waals surface area contributed by atoms with E-state index in [1.807, 2.05) is 12.1 Å². The van der Waals surface area contributed by atoms with Crippen LogP contribution in [-0.4, -0.2) is 16.2 Å². The van der Waals surface area contributed by atoms with E-state index >= 15 is 0 Å². The van der Waals surface area contributed by atoms with Crippen LogP contribution in [0.1, 0.15) is 130 Å². The molecule has 184 valence electrons. The number of phenolic OH excluding ortho intramolecular Hbond substituents is 1. The number of unbranched alkanes of at least 4 members (excludes halogenated alkanes) is 5. The number of hydrogen-bond acceptors (Lipinski definition) is 2. The molecule has 0 bridgehead atoms. The zero-order valence-electron chi connectivity index (χ0n) is 22.4. The highest BCUT2D eigenvalue weighted by Crippen LogP contribution is 2.40. The van der Waals surface area contributed by atoms with Gasteiger partial charge in [0.2, 0.25) is 0 Å². The van der Waals surface area contributed by atoms with E-state index in [1.54, 1.807) is 0 Å². The van der Waals surface area contributed by atoms with Crippen molar-refractivity contribution >= 4 is 5.97 Å². The van der Waals surface area contributed by atoms with E-state index in [0.717, 1.165) is 29.5 Å². The molecule has 1 unspecified atom stereocenters. The minimum atomic E-state index is -0.710. The predicted octanol–water partition coefficient (Wildman–Crippen LogP) is 8.40. The number of carboxylic acid groups (broad SMARTS) is 1. The first-order valence-corrected chi connectivity index (χ1v) is 12.6. The van der Waals surface area contributed by atoms with Crippen LogP contribution in [0, 0.1) is 11.3 Å². The van der Waals surface area contributed by atoms with Crippen molar-refractivity contribution in [2.75, 3.05) is 0 Å². The molecule has 1 aromatic carbocycles. The maximum Gasteiger partial charge on any atom is 0.306 e. The van der Waals surface area contributed by atoms with Gasteiger partial charge in [0.1, 0.15) is 5.75 Å². The molecule has 0 heterocycles. The minimum Gasteiger partial charge on any atom is -0.507 e. The lowest BCUT2D eigenvalue weighted by atomic mass is 9.77. The van der Waals surface area contributed by atoms with E-state index in [1.165, 1.54) is 32.1 Å². The molecule has 0 aliphatic rings. The molecular formula is C29H50O3. The Morgan fingerprint density at radius 2 is 1.22 bits per heavy atom. The Hall–Kier alpha value is -1.51. The van der Waals surface area contributed by atoms with Crippen LogP contribution in [0.3, 0.4) is 0 Å². The van der Waals surface area contributed by atoms with Crippen molar-refractivity contribution in [2.45, 2.75) is 131 Å². The second-order valence-electron chi connectivity index (χ2n) is 13.0. The van der Waals surface area contributed by atoms with Crippen molar-refractivity contribution in [1.82, 2.24) is 0 Å². The SMILES string of the molecule is CC(C)(C)CCCCCCCCC(Cc1cc(C(C)(C)C)c(O)c(C(C)(C)C)c1)C(=O)O. The lowest BCUT2D eigenvalue weighted by Gasteiger charge is -2.28. The third-order valence-corrected chi connectivity index (χ3v) is 6.35. The van der Waals surface area contributed by atoms with Crippen LogP contribution in [0.5, 0.6) is 5.75 Å². The van der Waals surface area contributed by atoms with Crippen molar-refractivity contribution in [2.24, 2.45) is 11.3 Å². The normalized spacial score (nSPS) is 13.9. The fraction of sp³-hybridized carbons (Fsp3) is 0.759. The molecule has 1 aromatic rings. The molecule has 0 aromatic heterocycles. The van der Waals surface area contributed by atoms with Crippen LogP contribution < -0.4 is 0 Å². The maximum absolute atomic E-state index is 12.0. The summed E-state index contributed by atoms with van der Waals surface area (Å²) in [5.74, 6) is -0.731. The van der Waals surface area contributed by atoms with E-state index in [0.29, 0.717) is 24.0 Å².